The molecule has 5 heteroatoms. The Bertz CT molecular complexity index is 495. The van der Waals surface area contributed by atoms with Gasteiger partial charge in [0.15, 0.2) is 5.96 Å². The summed E-state index contributed by atoms with van der Waals surface area (Å²) in [4.78, 5) is 4.31. The van der Waals surface area contributed by atoms with E-state index in [0.717, 1.165) is 37.2 Å². The molecule has 1 saturated carbocycles. The van der Waals surface area contributed by atoms with Crippen LogP contribution in [0.4, 0.5) is 5.69 Å². The average Bonchev–Trinajstić information content (AvgIpc) is 3.16. The maximum absolute atomic E-state index is 5.04. The van der Waals surface area contributed by atoms with Crippen LogP contribution in [0.2, 0.25) is 0 Å². The van der Waals surface area contributed by atoms with Crippen LogP contribution >= 0.6 is 0 Å². The molecule has 1 aliphatic carbocycles. The van der Waals surface area contributed by atoms with Crippen molar-refractivity contribution < 1.29 is 4.74 Å². The monoisotopic (exact) mass is 346 g/mol. The maximum atomic E-state index is 5.04. The fourth-order valence-corrected chi connectivity index (χ4v) is 3.34. The van der Waals surface area contributed by atoms with Crippen LogP contribution in [0.25, 0.3) is 0 Å². The first-order chi connectivity index (χ1) is 12.3. The van der Waals surface area contributed by atoms with Crippen LogP contribution in [-0.4, -0.2) is 39.8 Å². The molecule has 0 unspecified atom stereocenters. The van der Waals surface area contributed by atoms with Crippen molar-refractivity contribution in [2.24, 2.45) is 10.9 Å². The lowest BCUT2D eigenvalue weighted by molar-refractivity contribution is 0.211. The van der Waals surface area contributed by atoms with Gasteiger partial charge in [0, 0.05) is 39.5 Å². The predicted molar refractivity (Wildman–Crippen MR) is 106 cm³/mol. The van der Waals surface area contributed by atoms with E-state index in [9.17, 15) is 0 Å². The molecule has 0 bridgehead atoms. The number of aliphatic imine (C=N–C) groups is 1. The number of benzene rings is 1. The van der Waals surface area contributed by atoms with Gasteiger partial charge in [-0.25, -0.2) is 0 Å². The molecule has 0 aromatic heterocycles. The lowest BCUT2D eigenvalue weighted by Crippen LogP contribution is -2.37. The fourth-order valence-electron chi connectivity index (χ4n) is 3.34. The normalized spacial score (nSPS) is 15.4. The van der Waals surface area contributed by atoms with Gasteiger partial charge in [-0.1, -0.05) is 37.8 Å². The Balaban J connectivity index is 1.62. The highest BCUT2D eigenvalue weighted by Gasteiger charge is 2.13. The molecule has 2 rings (SSSR count). The van der Waals surface area contributed by atoms with Gasteiger partial charge in [-0.15, -0.1) is 0 Å². The third-order valence-electron chi connectivity index (χ3n) is 4.83. The average molecular weight is 347 g/mol. The Kier molecular flexibility index (Phi) is 9.19. The number of anilines is 1. The van der Waals surface area contributed by atoms with Crippen molar-refractivity contribution in [2.75, 3.05) is 39.2 Å². The Morgan fingerprint density at radius 2 is 1.88 bits per heavy atom. The summed E-state index contributed by atoms with van der Waals surface area (Å²) in [5, 5.41) is 10.1. The Labute approximate surface area is 152 Å². The second-order valence-electron chi connectivity index (χ2n) is 6.76. The zero-order valence-corrected chi connectivity index (χ0v) is 15.8. The molecule has 1 aromatic carbocycles. The van der Waals surface area contributed by atoms with Crippen LogP contribution < -0.4 is 16.0 Å². The van der Waals surface area contributed by atoms with Crippen LogP contribution in [0.3, 0.4) is 0 Å². The summed E-state index contributed by atoms with van der Waals surface area (Å²) >= 11 is 0. The molecule has 25 heavy (non-hydrogen) atoms. The summed E-state index contributed by atoms with van der Waals surface area (Å²) in [6.45, 7) is 3.32. The number of rotatable bonds is 10. The Morgan fingerprint density at radius 3 is 2.56 bits per heavy atom. The minimum Gasteiger partial charge on any atom is -0.383 e. The van der Waals surface area contributed by atoms with Crippen molar-refractivity contribution in [3.05, 3.63) is 29.8 Å². The topological polar surface area (TPSA) is 57.7 Å². The van der Waals surface area contributed by atoms with Gasteiger partial charge >= 0.3 is 0 Å². The zero-order chi connectivity index (χ0) is 17.7. The molecule has 1 fully saturated rings. The number of hydrogen-bond acceptors (Lipinski definition) is 3. The van der Waals surface area contributed by atoms with Gasteiger partial charge in [-0.2, -0.15) is 0 Å². The van der Waals surface area contributed by atoms with Crippen molar-refractivity contribution in [3.8, 4) is 0 Å². The molecule has 0 amide bonds. The second-order valence-corrected chi connectivity index (χ2v) is 6.76. The molecule has 140 valence electrons. The fraction of sp³-hybridized carbons (Fsp3) is 0.650. The molecule has 0 spiro atoms. The molecule has 0 heterocycles. The van der Waals surface area contributed by atoms with Gasteiger partial charge in [0.2, 0.25) is 0 Å². The van der Waals surface area contributed by atoms with E-state index < -0.39 is 0 Å². The highest BCUT2D eigenvalue weighted by molar-refractivity contribution is 5.79. The second kappa shape index (κ2) is 11.7. The quantitative estimate of drug-likeness (QED) is 0.345. The van der Waals surface area contributed by atoms with Crippen LogP contribution in [0.15, 0.2) is 29.3 Å². The first kappa shape index (κ1) is 19.6. The highest BCUT2D eigenvalue weighted by atomic mass is 16.5. The molecular formula is C20H34N4O. The van der Waals surface area contributed by atoms with Crippen LogP contribution in [0.5, 0.6) is 0 Å². The van der Waals surface area contributed by atoms with Crippen LogP contribution in [0.1, 0.15) is 44.1 Å². The Hall–Kier alpha value is -1.75. The smallest absolute Gasteiger partial charge is 0.191 e. The summed E-state index contributed by atoms with van der Waals surface area (Å²) in [5.41, 5.74) is 2.36. The summed E-state index contributed by atoms with van der Waals surface area (Å²) in [6.07, 6.45) is 8.31. The zero-order valence-electron chi connectivity index (χ0n) is 15.8. The summed E-state index contributed by atoms with van der Waals surface area (Å²) < 4.78 is 5.04. The largest absolute Gasteiger partial charge is 0.383 e. The lowest BCUT2D eigenvalue weighted by Gasteiger charge is -2.13. The predicted octanol–water partition coefficient (Wildman–Crippen LogP) is 3.38. The maximum Gasteiger partial charge on any atom is 0.191 e. The molecule has 3 N–H and O–H groups in total. The summed E-state index contributed by atoms with van der Waals surface area (Å²) in [6, 6.07) is 8.47. The van der Waals surface area contributed by atoms with E-state index in [4.69, 9.17) is 4.74 Å². The van der Waals surface area contributed by atoms with Gasteiger partial charge in [-0.3, -0.25) is 4.99 Å². The van der Waals surface area contributed by atoms with E-state index in [-0.39, 0.29) is 0 Å². The minimum atomic E-state index is 0.714. The number of nitrogens with zero attached hydrogens (tertiary/aromatic N) is 1. The molecule has 0 radical (unpaired) electrons. The third-order valence-corrected chi connectivity index (χ3v) is 4.83. The van der Waals surface area contributed by atoms with Crippen molar-refractivity contribution in [2.45, 2.75) is 45.1 Å². The number of nitrogens with one attached hydrogen (secondary N) is 3. The van der Waals surface area contributed by atoms with Crippen LogP contribution in [0, 0.1) is 5.92 Å². The van der Waals surface area contributed by atoms with Gasteiger partial charge in [0.25, 0.3) is 0 Å². The molecule has 5 nitrogen and oxygen atoms in total. The van der Waals surface area contributed by atoms with Gasteiger partial charge < -0.3 is 20.7 Å². The van der Waals surface area contributed by atoms with Crippen molar-refractivity contribution in [3.63, 3.8) is 0 Å². The Morgan fingerprint density at radius 1 is 1.12 bits per heavy atom. The molecule has 0 aliphatic heterocycles. The van der Waals surface area contributed by atoms with Crippen molar-refractivity contribution in [1.82, 2.24) is 10.6 Å². The van der Waals surface area contributed by atoms with Gasteiger partial charge in [0.1, 0.15) is 0 Å². The first-order valence-corrected chi connectivity index (χ1v) is 9.58. The number of ether oxygens (including phenoxy) is 1. The molecule has 1 aromatic rings. The third kappa shape index (κ3) is 7.78. The first-order valence-electron chi connectivity index (χ1n) is 9.58. The van der Waals surface area contributed by atoms with E-state index >= 15 is 0 Å². The van der Waals surface area contributed by atoms with Crippen molar-refractivity contribution >= 4 is 11.6 Å². The number of methoxy groups -OCH3 is 1. The van der Waals surface area contributed by atoms with Gasteiger partial charge in [0.05, 0.1) is 6.61 Å². The highest BCUT2D eigenvalue weighted by Crippen LogP contribution is 2.28. The van der Waals surface area contributed by atoms with E-state index in [2.05, 4.69) is 45.2 Å². The molecule has 0 saturated heterocycles. The van der Waals surface area contributed by atoms with Crippen LogP contribution in [-0.2, 0) is 11.3 Å². The van der Waals surface area contributed by atoms with Gasteiger partial charge in [-0.05, 0) is 36.5 Å². The molecular weight excluding hydrogens is 312 g/mol. The van der Waals surface area contributed by atoms with E-state index in [0.29, 0.717) is 6.61 Å². The SMILES string of the molecule is CN=C(NCCCC1CCCC1)NCc1ccc(NCCOC)cc1. The standard InChI is InChI=1S/C20H34N4O/c1-21-20(23-13-5-8-17-6-3-4-7-17)24-16-18-9-11-19(12-10-18)22-14-15-25-2/h9-12,17,22H,3-8,13-16H2,1-2H3,(H2,21,23,24). The van der Waals surface area contributed by atoms with Crippen molar-refractivity contribution in [1.29, 1.82) is 0 Å². The molecule has 1 aliphatic rings. The number of hydrogen-bond donors (Lipinski definition) is 3. The molecule has 0 atom stereocenters. The van der Waals surface area contributed by atoms with E-state index in [1.54, 1.807) is 7.11 Å². The number of guanidine groups is 1. The summed E-state index contributed by atoms with van der Waals surface area (Å²) in [7, 11) is 3.54. The lowest BCUT2D eigenvalue weighted by atomic mass is 10.0. The minimum absolute atomic E-state index is 0.714. The summed E-state index contributed by atoms with van der Waals surface area (Å²) in [5.74, 6) is 1.85. The van der Waals surface area contributed by atoms with E-state index in [1.807, 2.05) is 7.05 Å². The van der Waals surface area contributed by atoms with E-state index in [1.165, 1.54) is 44.1 Å².